The van der Waals surface area contributed by atoms with Crippen molar-refractivity contribution in [3.63, 3.8) is 0 Å². The van der Waals surface area contributed by atoms with Crippen LogP contribution in [0.1, 0.15) is 12.0 Å². The molecule has 0 saturated carbocycles. The van der Waals surface area contributed by atoms with Gasteiger partial charge in [-0.25, -0.2) is 0 Å². The van der Waals surface area contributed by atoms with Gasteiger partial charge in [0.05, 0.1) is 6.61 Å². The summed E-state index contributed by atoms with van der Waals surface area (Å²) in [6.07, 6.45) is 1.08. The maximum Gasteiger partial charge on any atom is 0.115 e. The molecule has 1 atom stereocenters. The number of hydrogen-bond donors (Lipinski definition) is 2. The lowest BCUT2D eigenvalue weighted by molar-refractivity contribution is 0.190. The third-order valence-corrected chi connectivity index (χ3v) is 2.44. The van der Waals surface area contributed by atoms with Gasteiger partial charge in [0.25, 0.3) is 0 Å². The van der Waals surface area contributed by atoms with Gasteiger partial charge < -0.3 is 15.2 Å². The molecule has 0 bridgehead atoms. The fourth-order valence-electron chi connectivity index (χ4n) is 1.62. The van der Waals surface area contributed by atoms with Crippen LogP contribution >= 0.6 is 0 Å². The fraction of sp³-hybridized carbons (Fsp3) is 0.455. The van der Waals surface area contributed by atoms with Crippen molar-refractivity contribution in [1.82, 2.24) is 5.32 Å². The molecule has 0 spiro atoms. The van der Waals surface area contributed by atoms with Crippen LogP contribution in [-0.2, 0) is 11.3 Å². The van der Waals surface area contributed by atoms with E-state index in [0.29, 0.717) is 11.8 Å². The second kappa shape index (κ2) is 4.44. The molecule has 1 fully saturated rings. The number of phenols is 1. The highest BCUT2D eigenvalue weighted by Gasteiger charge is 2.14. The minimum absolute atomic E-state index is 0.326. The van der Waals surface area contributed by atoms with Crippen LogP contribution in [0, 0.1) is 0 Å². The zero-order chi connectivity index (χ0) is 9.80. The normalized spacial score (nSPS) is 21.3. The van der Waals surface area contributed by atoms with E-state index in [2.05, 4.69) is 5.32 Å². The van der Waals surface area contributed by atoms with Gasteiger partial charge in [0.1, 0.15) is 5.75 Å². The summed E-state index contributed by atoms with van der Waals surface area (Å²) >= 11 is 0. The zero-order valence-corrected chi connectivity index (χ0v) is 8.07. The average molecular weight is 193 g/mol. The predicted molar refractivity (Wildman–Crippen MR) is 54.2 cm³/mol. The van der Waals surface area contributed by atoms with Gasteiger partial charge in [-0.1, -0.05) is 12.1 Å². The molecule has 0 aromatic heterocycles. The molecule has 0 amide bonds. The van der Waals surface area contributed by atoms with Crippen LogP contribution in [0.25, 0.3) is 0 Å². The molecule has 3 nitrogen and oxygen atoms in total. The first kappa shape index (κ1) is 9.49. The van der Waals surface area contributed by atoms with E-state index in [-0.39, 0.29) is 0 Å². The minimum atomic E-state index is 0.326. The number of rotatable bonds is 3. The van der Waals surface area contributed by atoms with Crippen molar-refractivity contribution >= 4 is 0 Å². The summed E-state index contributed by atoms with van der Waals surface area (Å²) in [6, 6.07) is 7.79. The molecule has 0 radical (unpaired) electrons. The highest BCUT2D eigenvalue weighted by molar-refractivity contribution is 5.26. The van der Waals surface area contributed by atoms with E-state index in [1.165, 1.54) is 0 Å². The molecule has 1 unspecified atom stereocenters. The van der Waals surface area contributed by atoms with Gasteiger partial charge in [-0.15, -0.1) is 0 Å². The van der Waals surface area contributed by atoms with E-state index in [0.717, 1.165) is 31.7 Å². The molecule has 1 aromatic carbocycles. The quantitative estimate of drug-likeness (QED) is 0.759. The molecule has 3 heteroatoms. The number of phenolic OH excluding ortho intramolecular Hbond substituents is 1. The molecular weight excluding hydrogens is 178 g/mol. The Balaban J connectivity index is 1.85. The van der Waals surface area contributed by atoms with Crippen molar-refractivity contribution < 1.29 is 9.84 Å². The van der Waals surface area contributed by atoms with Crippen molar-refractivity contribution in [2.75, 3.05) is 13.2 Å². The third-order valence-electron chi connectivity index (χ3n) is 2.44. The Hall–Kier alpha value is -1.06. The summed E-state index contributed by atoms with van der Waals surface area (Å²) in [5.74, 6) is 0.326. The monoisotopic (exact) mass is 193 g/mol. The summed E-state index contributed by atoms with van der Waals surface area (Å²) in [7, 11) is 0. The average Bonchev–Trinajstić information content (AvgIpc) is 2.67. The third kappa shape index (κ3) is 2.47. The molecule has 76 valence electrons. The van der Waals surface area contributed by atoms with E-state index in [1.54, 1.807) is 12.1 Å². The lowest BCUT2D eigenvalue weighted by Gasteiger charge is -2.10. The largest absolute Gasteiger partial charge is 0.508 e. The van der Waals surface area contributed by atoms with Crippen LogP contribution in [0.15, 0.2) is 24.3 Å². The summed E-state index contributed by atoms with van der Waals surface area (Å²) in [6.45, 7) is 2.46. The molecule has 2 rings (SSSR count). The van der Waals surface area contributed by atoms with E-state index >= 15 is 0 Å². The van der Waals surface area contributed by atoms with Crippen molar-refractivity contribution in [2.45, 2.75) is 19.0 Å². The van der Waals surface area contributed by atoms with Crippen LogP contribution in [0.2, 0.25) is 0 Å². The smallest absolute Gasteiger partial charge is 0.115 e. The second-order valence-corrected chi connectivity index (χ2v) is 3.61. The first-order valence-corrected chi connectivity index (χ1v) is 4.93. The Morgan fingerprint density at radius 3 is 3.14 bits per heavy atom. The Kier molecular flexibility index (Phi) is 3.01. The summed E-state index contributed by atoms with van der Waals surface area (Å²) < 4.78 is 5.26. The van der Waals surface area contributed by atoms with Crippen LogP contribution in [0.4, 0.5) is 0 Å². The van der Waals surface area contributed by atoms with Gasteiger partial charge in [0, 0.05) is 19.2 Å². The van der Waals surface area contributed by atoms with Gasteiger partial charge in [0.15, 0.2) is 0 Å². The second-order valence-electron chi connectivity index (χ2n) is 3.61. The number of ether oxygens (including phenoxy) is 1. The molecule has 0 aliphatic carbocycles. The number of hydrogen-bond acceptors (Lipinski definition) is 3. The Morgan fingerprint density at radius 2 is 2.43 bits per heavy atom. The lowest BCUT2D eigenvalue weighted by atomic mass is 10.2. The Morgan fingerprint density at radius 1 is 1.50 bits per heavy atom. The van der Waals surface area contributed by atoms with Crippen molar-refractivity contribution in [3.8, 4) is 5.75 Å². The van der Waals surface area contributed by atoms with Gasteiger partial charge >= 0.3 is 0 Å². The summed E-state index contributed by atoms with van der Waals surface area (Å²) in [5.41, 5.74) is 1.11. The minimum Gasteiger partial charge on any atom is -0.508 e. The molecule has 1 aromatic rings. The zero-order valence-electron chi connectivity index (χ0n) is 8.07. The standard InChI is InChI=1S/C11H15NO2/c13-11-3-1-2-9(6-11)7-12-10-4-5-14-8-10/h1-3,6,10,12-13H,4-5,7-8H2. The number of nitrogens with one attached hydrogen (secondary N) is 1. The molecular formula is C11H15NO2. The van der Waals surface area contributed by atoms with E-state index < -0.39 is 0 Å². The molecule has 1 aliphatic heterocycles. The van der Waals surface area contributed by atoms with Gasteiger partial charge in [-0.3, -0.25) is 0 Å². The van der Waals surface area contributed by atoms with Gasteiger partial charge in [-0.05, 0) is 24.1 Å². The maximum absolute atomic E-state index is 9.25. The maximum atomic E-state index is 9.25. The SMILES string of the molecule is Oc1cccc(CNC2CCOC2)c1. The van der Waals surface area contributed by atoms with Crippen molar-refractivity contribution in [1.29, 1.82) is 0 Å². The van der Waals surface area contributed by atoms with Crippen LogP contribution in [0.3, 0.4) is 0 Å². The highest BCUT2D eigenvalue weighted by Crippen LogP contribution is 2.11. The van der Waals surface area contributed by atoms with Gasteiger partial charge in [-0.2, -0.15) is 0 Å². The van der Waals surface area contributed by atoms with Crippen molar-refractivity contribution in [2.24, 2.45) is 0 Å². The topological polar surface area (TPSA) is 41.5 Å². The highest BCUT2D eigenvalue weighted by atomic mass is 16.5. The van der Waals surface area contributed by atoms with Crippen LogP contribution in [0.5, 0.6) is 5.75 Å². The molecule has 14 heavy (non-hydrogen) atoms. The van der Waals surface area contributed by atoms with E-state index in [9.17, 15) is 5.11 Å². The van der Waals surface area contributed by atoms with Crippen LogP contribution < -0.4 is 5.32 Å². The van der Waals surface area contributed by atoms with Gasteiger partial charge in [0.2, 0.25) is 0 Å². The fourth-order valence-corrected chi connectivity index (χ4v) is 1.62. The predicted octanol–water partition coefficient (Wildman–Crippen LogP) is 1.27. The van der Waals surface area contributed by atoms with Crippen LogP contribution in [-0.4, -0.2) is 24.4 Å². The Labute approximate surface area is 83.7 Å². The number of benzene rings is 1. The first-order valence-electron chi connectivity index (χ1n) is 4.93. The molecule has 2 N–H and O–H groups in total. The first-order chi connectivity index (χ1) is 6.84. The van der Waals surface area contributed by atoms with Crippen molar-refractivity contribution in [3.05, 3.63) is 29.8 Å². The summed E-state index contributed by atoms with van der Waals surface area (Å²) in [5, 5.41) is 12.6. The van der Waals surface area contributed by atoms with E-state index in [4.69, 9.17) is 4.74 Å². The Bertz CT molecular complexity index is 295. The summed E-state index contributed by atoms with van der Waals surface area (Å²) in [4.78, 5) is 0. The molecule has 1 saturated heterocycles. The van der Waals surface area contributed by atoms with E-state index in [1.807, 2.05) is 12.1 Å². The molecule has 1 aliphatic rings. The number of aromatic hydroxyl groups is 1. The lowest BCUT2D eigenvalue weighted by Crippen LogP contribution is -2.28. The molecule has 1 heterocycles.